The summed E-state index contributed by atoms with van der Waals surface area (Å²) in [4.78, 5) is 46.9. The first kappa shape index (κ1) is 23.9. The van der Waals surface area contributed by atoms with Gasteiger partial charge in [0, 0.05) is 0 Å². The number of benzene rings is 4. The number of anilines is 2. The van der Waals surface area contributed by atoms with Gasteiger partial charge in [0.1, 0.15) is 11.7 Å². The Balaban J connectivity index is 1.34. The highest BCUT2D eigenvalue weighted by atomic mass is 35.5. The molecule has 0 radical (unpaired) electrons. The molecule has 2 saturated heterocycles. The summed E-state index contributed by atoms with van der Waals surface area (Å²) in [6.45, 7) is 0. The molecule has 3 atom stereocenters. The first-order valence-electron chi connectivity index (χ1n) is 12.0. The van der Waals surface area contributed by atoms with E-state index in [4.69, 9.17) is 21.2 Å². The number of hydrogen-bond acceptors (Lipinski definition) is 6. The highest BCUT2D eigenvalue weighted by Crippen LogP contribution is 2.48. The fourth-order valence-corrected chi connectivity index (χ4v) is 5.12. The maximum atomic E-state index is 13.8. The minimum atomic E-state index is -1.01. The van der Waals surface area contributed by atoms with Crippen LogP contribution in [0.2, 0.25) is 5.02 Å². The molecular weight excluding hydrogens is 504 g/mol. The van der Waals surface area contributed by atoms with Gasteiger partial charge in [-0.2, -0.15) is 0 Å². The average molecular weight is 525 g/mol. The van der Waals surface area contributed by atoms with Crippen molar-refractivity contribution in [1.82, 2.24) is 0 Å². The number of rotatable bonds is 5. The molecule has 8 heteroatoms. The molecule has 0 unspecified atom stereocenters. The third-order valence-corrected chi connectivity index (χ3v) is 6.98. The molecule has 0 saturated carbocycles. The van der Waals surface area contributed by atoms with E-state index < -0.39 is 35.8 Å². The number of para-hydroxylation sites is 2. The summed E-state index contributed by atoms with van der Waals surface area (Å²) in [6, 6.07) is 31.0. The Morgan fingerprint density at radius 2 is 1.39 bits per heavy atom. The number of carbonyl (C=O) groups excluding carboxylic acids is 3. The van der Waals surface area contributed by atoms with Gasteiger partial charge in [0.05, 0.1) is 28.0 Å². The van der Waals surface area contributed by atoms with Crippen molar-refractivity contribution in [3.05, 3.63) is 125 Å². The first-order chi connectivity index (χ1) is 18.5. The summed E-state index contributed by atoms with van der Waals surface area (Å²) in [5.74, 6) is -1.78. The second-order valence-electron chi connectivity index (χ2n) is 8.95. The van der Waals surface area contributed by atoms with Crippen molar-refractivity contribution in [3.8, 4) is 5.75 Å². The monoisotopic (exact) mass is 524 g/mol. The topological polar surface area (TPSA) is 76.2 Å². The largest absolute Gasteiger partial charge is 0.423 e. The molecule has 6 rings (SSSR count). The van der Waals surface area contributed by atoms with Crippen molar-refractivity contribution in [3.63, 3.8) is 0 Å². The number of halogens is 1. The molecule has 4 aromatic carbocycles. The standard InChI is InChI=1S/C30H21ClN2O5/c31-23-13-7-8-14-24(23)32-28(34)25-26(33(38-27(25)29(32)35)21-11-5-2-6-12-21)19-15-17-22(18-16-19)37-30(36)20-9-3-1-4-10-20/h1-18,25-27H/t25-,26-,27-/m1/s1. The molecule has 0 bridgehead atoms. The molecule has 0 aliphatic carbocycles. The number of amides is 2. The van der Waals surface area contributed by atoms with Crippen LogP contribution in [0.15, 0.2) is 109 Å². The average Bonchev–Trinajstić information content (AvgIpc) is 3.46. The zero-order valence-electron chi connectivity index (χ0n) is 19.9. The molecule has 0 spiro atoms. The lowest BCUT2D eigenvalue weighted by molar-refractivity contribution is -0.126. The molecular formula is C30H21ClN2O5. The Bertz CT molecular complexity index is 1510. The highest BCUT2D eigenvalue weighted by molar-refractivity contribution is 6.36. The fourth-order valence-electron chi connectivity index (χ4n) is 4.90. The van der Waals surface area contributed by atoms with E-state index in [0.717, 1.165) is 10.5 Å². The van der Waals surface area contributed by atoms with E-state index in [1.807, 2.05) is 36.4 Å². The molecule has 4 aromatic rings. The lowest BCUT2D eigenvalue weighted by atomic mass is 9.90. The van der Waals surface area contributed by atoms with Crippen LogP contribution in [0, 0.1) is 5.92 Å². The highest BCUT2D eigenvalue weighted by Gasteiger charge is 2.60. The Labute approximate surface area is 223 Å². The van der Waals surface area contributed by atoms with Crippen molar-refractivity contribution >= 4 is 40.8 Å². The van der Waals surface area contributed by atoms with Crippen molar-refractivity contribution in [2.45, 2.75) is 12.1 Å². The SMILES string of the molecule is O=C(Oc1ccc([C@@H]2[C@H]3C(=O)N(c4ccccc4Cl)C(=O)[C@@H]3ON2c2ccccc2)cc1)c1ccccc1. The second kappa shape index (κ2) is 9.78. The van der Waals surface area contributed by atoms with Crippen LogP contribution >= 0.6 is 11.6 Å². The quantitative estimate of drug-likeness (QED) is 0.192. The summed E-state index contributed by atoms with van der Waals surface area (Å²) in [6.07, 6.45) is -1.01. The fraction of sp³-hybridized carbons (Fsp3) is 0.100. The van der Waals surface area contributed by atoms with Crippen LogP contribution in [0.1, 0.15) is 22.0 Å². The third-order valence-electron chi connectivity index (χ3n) is 6.66. The molecule has 2 aliphatic heterocycles. The van der Waals surface area contributed by atoms with E-state index in [1.54, 1.807) is 77.9 Å². The Morgan fingerprint density at radius 3 is 2.08 bits per heavy atom. The zero-order valence-corrected chi connectivity index (χ0v) is 20.7. The van der Waals surface area contributed by atoms with E-state index >= 15 is 0 Å². The number of fused-ring (bicyclic) bond motifs is 1. The van der Waals surface area contributed by atoms with Gasteiger partial charge in [-0.3, -0.25) is 14.4 Å². The van der Waals surface area contributed by atoms with E-state index in [0.29, 0.717) is 27.7 Å². The summed E-state index contributed by atoms with van der Waals surface area (Å²) in [5.41, 5.74) is 2.20. The van der Waals surface area contributed by atoms with Crippen LogP contribution in [0.5, 0.6) is 5.75 Å². The van der Waals surface area contributed by atoms with E-state index in [2.05, 4.69) is 0 Å². The predicted octanol–water partition coefficient (Wildman–Crippen LogP) is 5.61. The lowest BCUT2D eigenvalue weighted by Gasteiger charge is -2.29. The van der Waals surface area contributed by atoms with Gasteiger partial charge < -0.3 is 4.74 Å². The van der Waals surface area contributed by atoms with Gasteiger partial charge in [0.25, 0.3) is 5.91 Å². The van der Waals surface area contributed by atoms with Crippen LogP contribution in [0.4, 0.5) is 11.4 Å². The molecule has 7 nitrogen and oxygen atoms in total. The van der Waals surface area contributed by atoms with Crippen LogP contribution in [0.3, 0.4) is 0 Å². The minimum Gasteiger partial charge on any atom is -0.423 e. The maximum Gasteiger partial charge on any atom is 0.343 e. The number of ether oxygens (including phenoxy) is 1. The number of imide groups is 1. The number of esters is 1. The summed E-state index contributed by atoms with van der Waals surface area (Å²) >= 11 is 6.33. The van der Waals surface area contributed by atoms with E-state index in [-0.39, 0.29) is 0 Å². The number of carbonyl (C=O) groups is 3. The number of nitrogens with zero attached hydrogens (tertiary/aromatic N) is 2. The molecule has 188 valence electrons. The summed E-state index contributed by atoms with van der Waals surface area (Å²) < 4.78 is 5.51. The molecule has 2 aliphatic rings. The molecule has 0 N–H and O–H groups in total. The van der Waals surface area contributed by atoms with E-state index in [9.17, 15) is 14.4 Å². The van der Waals surface area contributed by atoms with Crippen molar-refractivity contribution in [1.29, 1.82) is 0 Å². The first-order valence-corrected chi connectivity index (χ1v) is 12.4. The third kappa shape index (κ3) is 4.12. The Morgan fingerprint density at radius 1 is 0.763 bits per heavy atom. The van der Waals surface area contributed by atoms with Gasteiger partial charge in [-0.25, -0.2) is 14.8 Å². The molecule has 0 aromatic heterocycles. The van der Waals surface area contributed by atoms with Crippen molar-refractivity contribution in [2.24, 2.45) is 5.92 Å². The molecule has 2 fully saturated rings. The van der Waals surface area contributed by atoms with Gasteiger partial charge in [0.15, 0.2) is 6.10 Å². The van der Waals surface area contributed by atoms with Crippen molar-refractivity contribution < 1.29 is 24.0 Å². The van der Waals surface area contributed by atoms with Gasteiger partial charge in [-0.05, 0) is 54.1 Å². The smallest absolute Gasteiger partial charge is 0.343 e. The molecule has 2 amide bonds. The molecule has 2 heterocycles. The predicted molar refractivity (Wildman–Crippen MR) is 142 cm³/mol. The van der Waals surface area contributed by atoms with Gasteiger partial charge >= 0.3 is 5.97 Å². The molecule has 38 heavy (non-hydrogen) atoms. The number of hydroxylamine groups is 1. The van der Waals surface area contributed by atoms with E-state index in [1.165, 1.54) is 0 Å². The van der Waals surface area contributed by atoms with Crippen LogP contribution < -0.4 is 14.7 Å². The lowest BCUT2D eigenvalue weighted by Crippen LogP contribution is -2.37. The normalized spacial score (nSPS) is 20.5. The van der Waals surface area contributed by atoms with Gasteiger partial charge in [0.2, 0.25) is 5.91 Å². The second-order valence-corrected chi connectivity index (χ2v) is 9.35. The van der Waals surface area contributed by atoms with Crippen LogP contribution in [0.25, 0.3) is 0 Å². The van der Waals surface area contributed by atoms with Crippen LogP contribution in [-0.4, -0.2) is 23.9 Å². The maximum absolute atomic E-state index is 13.8. The summed E-state index contributed by atoms with van der Waals surface area (Å²) in [7, 11) is 0. The minimum absolute atomic E-state index is 0.301. The number of hydrogen-bond donors (Lipinski definition) is 0. The zero-order chi connectivity index (χ0) is 26.2. The Hall–Kier alpha value is -4.46. The van der Waals surface area contributed by atoms with Crippen LogP contribution in [-0.2, 0) is 14.4 Å². The summed E-state index contributed by atoms with van der Waals surface area (Å²) in [5, 5.41) is 1.91. The van der Waals surface area contributed by atoms with Gasteiger partial charge in [-0.1, -0.05) is 72.3 Å². The van der Waals surface area contributed by atoms with Crippen molar-refractivity contribution in [2.75, 3.05) is 9.96 Å². The Kier molecular flexibility index (Phi) is 6.15. The van der Waals surface area contributed by atoms with Gasteiger partial charge in [-0.15, -0.1) is 0 Å².